The predicted molar refractivity (Wildman–Crippen MR) is 90.6 cm³/mol. The van der Waals surface area contributed by atoms with E-state index in [4.69, 9.17) is 4.74 Å². The van der Waals surface area contributed by atoms with Gasteiger partial charge < -0.3 is 20.3 Å². The summed E-state index contributed by atoms with van der Waals surface area (Å²) >= 11 is 0. The highest BCUT2D eigenvalue weighted by Gasteiger charge is 2.34. The van der Waals surface area contributed by atoms with Crippen LogP contribution >= 0.6 is 0 Å². The van der Waals surface area contributed by atoms with Gasteiger partial charge in [0, 0.05) is 18.9 Å². The first-order chi connectivity index (χ1) is 11.6. The first kappa shape index (κ1) is 16.8. The minimum atomic E-state index is -0.0859. The lowest BCUT2D eigenvalue weighted by molar-refractivity contribution is -0.128. The Kier molecular flexibility index (Phi) is 5.35. The smallest absolute Gasteiger partial charge is 0.224 e. The van der Waals surface area contributed by atoms with Crippen molar-refractivity contribution < 1.29 is 14.3 Å². The van der Waals surface area contributed by atoms with Gasteiger partial charge in [-0.15, -0.1) is 0 Å². The molecule has 2 heterocycles. The quantitative estimate of drug-likeness (QED) is 0.769. The van der Waals surface area contributed by atoms with Gasteiger partial charge in [0.25, 0.3) is 0 Å². The summed E-state index contributed by atoms with van der Waals surface area (Å²) < 4.78 is 5.64. The highest BCUT2D eigenvalue weighted by Crippen LogP contribution is 2.18. The van der Waals surface area contributed by atoms with Crippen LogP contribution in [0.15, 0.2) is 30.3 Å². The van der Waals surface area contributed by atoms with Gasteiger partial charge in [0.1, 0.15) is 12.4 Å². The molecule has 2 atom stereocenters. The van der Waals surface area contributed by atoms with Crippen LogP contribution in [0.1, 0.15) is 13.3 Å². The van der Waals surface area contributed by atoms with Crippen molar-refractivity contribution in [3.05, 3.63) is 30.3 Å². The highest BCUT2D eigenvalue weighted by molar-refractivity contribution is 5.83. The van der Waals surface area contributed by atoms with Crippen molar-refractivity contribution in [3.8, 4) is 5.75 Å². The summed E-state index contributed by atoms with van der Waals surface area (Å²) in [6.07, 6.45) is 0.382. The van der Waals surface area contributed by atoms with Crippen molar-refractivity contribution in [1.82, 2.24) is 15.5 Å². The summed E-state index contributed by atoms with van der Waals surface area (Å²) in [5.74, 6) is 1.35. The Hall–Kier alpha value is -2.08. The van der Waals surface area contributed by atoms with E-state index in [1.807, 2.05) is 37.3 Å². The van der Waals surface area contributed by atoms with Crippen LogP contribution in [0, 0.1) is 11.8 Å². The molecule has 2 aliphatic rings. The number of amides is 2. The molecule has 1 aromatic carbocycles. The maximum Gasteiger partial charge on any atom is 0.224 e. The van der Waals surface area contributed by atoms with Crippen LogP contribution in [-0.4, -0.2) is 55.5 Å². The average molecular weight is 331 g/mol. The van der Waals surface area contributed by atoms with Crippen molar-refractivity contribution in [2.75, 3.05) is 32.8 Å². The minimum absolute atomic E-state index is 0.00295. The van der Waals surface area contributed by atoms with Crippen LogP contribution in [-0.2, 0) is 9.59 Å². The first-order valence-electron chi connectivity index (χ1n) is 8.60. The summed E-state index contributed by atoms with van der Waals surface area (Å²) in [7, 11) is 0. The van der Waals surface area contributed by atoms with Gasteiger partial charge >= 0.3 is 0 Å². The third-order valence-corrected chi connectivity index (χ3v) is 4.87. The topological polar surface area (TPSA) is 70.7 Å². The molecule has 0 aromatic heterocycles. The lowest BCUT2D eigenvalue weighted by Gasteiger charge is -2.32. The number of hydrogen-bond donors (Lipinski definition) is 2. The number of benzene rings is 1. The van der Waals surface area contributed by atoms with Gasteiger partial charge in [-0.1, -0.05) is 25.1 Å². The van der Waals surface area contributed by atoms with E-state index in [1.165, 1.54) is 0 Å². The van der Waals surface area contributed by atoms with Crippen LogP contribution in [0.5, 0.6) is 5.75 Å². The molecule has 2 unspecified atom stereocenters. The second kappa shape index (κ2) is 7.66. The molecule has 3 rings (SSSR count). The SMILES string of the molecule is CC(C(=O)NC1CC(=O)N(CCOc2ccccc2)C1)C1CNC1. The van der Waals surface area contributed by atoms with E-state index < -0.39 is 0 Å². The number of nitrogens with zero attached hydrogens (tertiary/aromatic N) is 1. The van der Waals surface area contributed by atoms with Gasteiger partial charge in [0.15, 0.2) is 0 Å². The molecule has 2 saturated heterocycles. The Bertz CT molecular complexity index is 574. The largest absolute Gasteiger partial charge is 0.492 e. The monoisotopic (exact) mass is 331 g/mol. The molecule has 6 heteroatoms. The molecule has 130 valence electrons. The van der Waals surface area contributed by atoms with Crippen LogP contribution in [0.4, 0.5) is 0 Å². The summed E-state index contributed by atoms with van der Waals surface area (Å²) in [5.41, 5.74) is 0. The fourth-order valence-corrected chi connectivity index (χ4v) is 3.09. The van der Waals surface area contributed by atoms with Crippen molar-refractivity contribution in [1.29, 1.82) is 0 Å². The number of carbonyl (C=O) groups excluding carboxylic acids is 2. The van der Waals surface area contributed by atoms with Gasteiger partial charge in [-0.25, -0.2) is 0 Å². The van der Waals surface area contributed by atoms with Crippen molar-refractivity contribution in [3.63, 3.8) is 0 Å². The zero-order valence-corrected chi connectivity index (χ0v) is 14.0. The molecule has 2 N–H and O–H groups in total. The molecular weight excluding hydrogens is 306 g/mol. The molecular formula is C18H25N3O3. The van der Waals surface area contributed by atoms with Crippen molar-refractivity contribution in [2.45, 2.75) is 19.4 Å². The van der Waals surface area contributed by atoms with Gasteiger partial charge in [-0.3, -0.25) is 9.59 Å². The molecule has 2 fully saturated rings. The van der Waals surface area contributed by atoms with E-state index in [9.17, 15) is 9.59 Å². The molecule has 0 bridgehead atoms. The fraction of sp³-hybridized carbons (Fsp3) is 0.556. The molecule has 0 aliphatic carbocycles. The van der Waals surface area contributed by atoms with E-state index in [0.717, 1.165) is 18.8 Å². The lowest BCUT2D eigenvalue weighted by Crippen LogP contribution is -2.51. The van der Waals surface area contributed by atoms with Crippen LogP contribution in [0.25, 0.3) is 0 Å². The van der Waals surface area contributed by atoms with Gasteiger partial charge in [0.05, 0.1) is 12.6 Å². The standard InChI is InChI=1S/C18H25N3O3/c1-13(14-10-19-11-14)18(23)20-15-9-17(22)21(12-15)7-8-24-16-5-3-2-4-6-16/h2-6,13-15,19H,7-12H2,1H3,(H,20,23). The second-order valence-electron chi connectivity index (χ2n) is 6.62. The minimum Gasteiger partial charge on any atom is -0.492 e. The van der Waals surface area contributed by atoms with E-state index >= 15 is 0 Å². The third kappa shape index (κ3) is 4.06. The number of rotatable bonds is 7. The summed E-state index contributed by atoms with van der Waals surface area (Å²) in [4.78, 5) is 26.1. The summed E-state index contributed by atoms with van der Waals surface area (Å²) in [6, 6.07) is 9.47. The van der Waals surface area contributed by atoms with Gasteiger partial charge in [-0.05, 0) is 31.1 Å². The zero-order valence-electron chi connectivity index (χ0n) is 14.0. The Morgan fingerprint density at radius 3 is 2.79 bits per heavy atom. The number of nitrogens with one attached hydrogen (secondary N) is 2. The number of hydrogen-bond acceptors (Lipinski definition) is 4. The predicted octanol–water partition coefficient (Wildman–Crippen LogP) is 0.638. The number of ether oxygens (including phenoxy) is 1. The van der Waals surface area contributed by atoms with E-state index in [1.54, 1.807) is 4.90 Å². The van der Waals surface area contributed by atoms with Crippen molar-refractivity contribution in [2.24, 2.45) is 11.8 Å². The summed E-state index contributed by atoms with van der Waals surface area (Å²) in [5, 5.41) is 6.21. The highest BCUT2D eigenvalue weighted by atomic mass is 16.5. The average Bonchev–Trinajstić information content (AvgIpc) is 2.86. The third-order valence-electron chi connectivity index (χ3n) is 4.87. The van der Waals surface area contributed by atoms with Gasteiger partial charge in [0.2, 0.25) is 11.8 Å². The van der Waals surface area contributed by atoms with Crippen LogP contribution in [0.3, 0.4) is 0 Å². The first-order valence-corrected chi connectivity index (χ1v) is 8.60. The Morgan fingerprint density at radius 1 is 1.38 bits per heavy atom. The Balaban J connectivity index is 1.41. The lowest BCUT2D eigenvalue weighted by atomic mass is 9.88. The van der Waals surface area contributed by atoms with E-state index in [2.05, 4.69) is 10.6 Å². The molecule has 0 radical (unpaired) electrons. The number of para-hydroxylation sites is 1. The Morgan fingerprint density at radius 2 is 2.12 bits per heavy atom. The van der Waals surface area contributed by atoms with E-state index in [-0.39, 0.29) is 23.8 Å². The van der Waals surface area contributed by atoms with E-state index in [0.29, 0.717) is 32.0 Å². The van der Waals surface area contributed by atoms with Gasteiger partial charge in [-0.2, -0.15) is 0 Å². The molecule has 2 amide bonds. The molecule has 0 saturated carbocycles. The van der Waals surface area contributed by atoms with Crippen LogP contribution < -0.4 is 15.4 Å². The maximum atomic E-state index is 12.3. The maximum absolute atomic E-state index is 12.3. The molecule has 24 heavy (non-hydrogen) atoms. The molecule has 0 spiro atoms. The fourth-order valence-electron chi connectivity index (χ4n) is 3.09. The van der Waals surface area contributed by atoms with Crippen molar-refractivity contribution >= 4 is 11.8 Å². The number of likely N-dealkylation sites (tertiary alicyclic amines) is 1. The summed E-state index contributed by atoms with van der Waals surface area (Å²) in [6.45, 7) is 5.34. The normalized spacial score (nSPS) is 22.1. The molecule has 6 nitrogen and oxygen atoms in total. The zero-order chi connectivity index (χ0) is 16.9. The Labute approximate surface area is 142 Å². The second-order valence-corrected chi connectivity index (χ2v) is 6.62. The molecule has 2 aliphatic heterocycles. The van der Waals surface area contributed by atoms with Crippen LogP contribution in [0.2, 0.25) is 0 Å². The number of carbonyl (C=O) groups is 2. The molecule has 1 aromatic rings.